The molecule has 0 amide bonds. The van der Waals surface area contributed by atoms with E-state index < -0.39 is 16.0 Å². The van der Waals surface area contributed by atoms with Gasteiger partial charge in [-0.1, -0.05) is 30.7 Å². The number of para-hydroxylation sites is 1. The predicted octanol–water partition coefficient (Wildman–Crippen LogP) is 3.30. The summed E-state index contributed by atoms with van der Waals surface area (Å²) in [5, 5.41) is 0. The molecule has 1 aliphatic heterocycles. The van der Waals surface area contributed by atoms with E-state index in [0.29, 0.717) is 24.4 Å². The van der Waals surface area contributed by atoms with Gasteiger partial charge in [0, 0.05) is 13.1 Å². The Kier molecular flexibility index (Phi) is 7.23. The molecule has 0 bridgehead atoms. The van der Waals surface area contributed by atoms with Crippen LogP contribution in [0.1, 0.15) is 46.9 Å². The maximum Gasteiger partial charge on any atom is 0.339 e. The number of hydrogen-bond acceptors (Lipinski definition) is 6. The van der Waals surface area contributed by atoms with Crippen LogP contribution in [0.5, 0.6) is 5.75 Å². The van der Waals surface area contributed by atoms with Gasteiger partial charge in [0.1, 0.15) is 19.0 Å². The lowest BCUT2D eigenvalue weighted by molar-refractivity contribution is 0.0444. The minimum atomic E-state index is -3.76. The van der Waals surface area contributed by atoms with Crippen molar-refractivity contribution in [2.75, 3.05) is 26.3 Å². The van der Waals surface area contributed by atoms with E-state index >= 15 is 0 Å². The molecule has 1 heterocycles. The summed E-state index contributed by atoms with van der Waals surface area (Å²) in [5.74, 6) is -0.441. The number of esters is 1. The number of ether oxygens (including phenoxy) is 2. The molecule has 1 aliphatic rings. The van der Waals surface area contributed by atoms with Gasteiger partial charge in [-0.15, -0.1) is 0 Å². The number of nitrogens with zero attached hydrogens (tertiary/aromatic N) is 1. The molecule has 7 nitrogen and oxygen atoms in total. The van der Waals surface area contributed by atoms with Crippen LogP contribution in [-0.2, 0) is 14.8 Å². The summed E-state index contributed by atoms with van der Waals surface area (Å²) in [7, 11) is -3.76. The van der Waals surface area contributed by atoms with Gasteiger partial charge in [-0.05, 0) is 44.0 Å². The van der Waals surface area contributed by atoms with Crippen LogP contribution in [0.4, 0.5) is 0 Å². The highest BCUT2D eigenvalue weighted by atomic mass is 32.2. The molecule has 0 radical (unpaired) electrons. The van der Waals surface area contributed by atoms with Gasteiger partial charge in [0.25, 0.3) is 0 Å². The predicted molar refractivity (Wildman–Crippen MR) is 111 cm³/mol. The molecular formula is C22H25NO6S. The molecule has 30 heavy (non-hydrogen) atoms. The molecule has 2 aromatic rings. The fourth-order valence-electron chi connectivity index (χ4n) is 3.35. The summed E-state index contributed by atoms with van der Waals surface area (Å²) in [4.78, 5) is 24.2. The molecule has 0 aliphatic carbocycles. The fraction of sp³-hybridized carbons (Fsp3) is 0.364. The van der Waals surface area contributed by atoms with Crippen molar-refractivity contribution in [3.63, 3.8) is 0 Å². The van der Waals surface area contributed by atoms with Crippen molar-refractivity contribution in [3.8, 4) is 5.75 Å². The van der Waals surface area contributed by atoms with Crippen LogP contribution < -0.4 is 4.74 Å². The lowest BCUT2D eigenvalue weighted by atomic mass is 10.1. The highest BCUT2D eigenvalue weighted by molar-refractivity contribution is 7.89. The van der Waals surface area contributed by atoms with Crippen molar-refractivity contribution in [1.82, 2.24) is 4.31 Å². The van der Waals surface area contributed by atoms with E-state index in [0.717, 1.165) is 19.3 Å². The van der Waals surface area contributed by atoms with E-state index in [2.05, 4.69) is 0 Å². The monoisotopic (exact) mass is 431 g/mol. The van der Waals surface area contributed by atoms with Gasteiger partial charge >= 0.3 is 5.97 Å². The van der Waals surface area contributed by atoms with E-state index in [-0.39, 0.29) is 29.5 Å². The number of ketones is 1. The molecule has 0 spiro atoms. The van der Waals surface area contributed by atoms with Gasteiger partial charge in [-0.2, -0.15) is 4.31 Å². The Labute approximate surface area is 176 Å². The standard InChI is InChI=1S/C22H25NO6S/c1-17(24)18-9-3-5-11-20(18)28-15-16-29-22(25)19-10-4-6-12-21(19)30(26,27)23-13-7-2-8-14-23/h3-6,9-12H,2,7-8,13-16H2,1H3. The Hall–Kier alpha value is -2.71. The first kappa shape index (κ1) is 22.0. The SMILES string of the molecule is CC(=O)c1ccccc1OCCOC(=O)c1ccccc1S(=O)(=O)N1CCCCC1. The normalized spacial score (nSPS) is 14.8. The molecule has 1 saturated heterocycles. The van der Waals surface area contributed by atoms with Gasteiger partial charge in [-0.25, -0.2) is 13.2 Å². The fourth-order valence-corrected chi connectivity index (χ4v) is 5.05. The summed E-state index contributed by atoms with van der Waals surface area (Å²) < 4.78 is 38.2. The van der Waals surface area contributed by atoms with Crippen molar-refractivity contribution in [3.05, 3.63) is 59.7 Å². The Morgan fingerprint density at radius 1 is 0.900 bits per heavy atom. The minimum absolute atomic E-state index is 0.00668. The van der Waals surface area contributed by atoms with Crippen LogP contribution >= 0.6 is 0 Å². The molecule has 0 atom stereocenters. The number of sulfonamides is 1. The molecule has 2 aromatic carbocycles. The summed E-state index contributed by atoms with van der Waals surface area (Å²) in [5.41, 5.74) is 0.453. The summed E-state index contributed by atoms with van der Waals surface area (Å²) in [6, 6.07) is 12.9. The van der Waals surface area contributed by atoms with E-state index in [1.54, 1.807) is 36.4 Å². The molecule has 0 aromatic heterocycles. The Bertz CT molecular complexity index is 1010. The second kappa shape index (κ2) is 9.86. The number of Topliss-reactive ketones (excluding diaryl/α,β-unsaturated/α-hetero) is 1. The van der Waals surface area contributed by atoms with E-state index in [1.165, 1.54) is 23.4 Å². The number of piperidine rings is 1. The maximum atomic E-state index is 13.0. The molecule has 0 unspecified atom stereocenters. The molecular weight excluding hydrogens is 406 g/mol. The zero-order chi connectivity index (χ0) is 21.6. The van der Waals surface area contributed by atoms with Crippen LogP contribution in [0, 0.1) is 0 Å². The number of carbonyl (C=O) groups excluding carboxylic acids is 2. The van der Waals surface area contributed by atoms with Crippen molar-refractivity contribution in [1.29, 1.82) is 0 Å². The minimum Gasteiger partial charge on any atom is -0.489 e. The Morgan fingerprint density at radius 2 is 1.53 bits per heavy atom. The first-order valence-corrected chi connectivity index (χ1v) is 11.3. The van der Waals surface area contributed by atoms with Crippen molar-refractivity contribution < 1.29 is 27.5 Å². The largest absolute Gasteiger partial charge is 0.489 e. The van der Waals surface area contributed by atoms with Crippen LogP contribution in [-0.4, -0.2) is 50.8 Å². The van der Waals surface area contributed by atoms with Crippen molar-refractivity contribution in [2.24, 2.45) is 0 Å². The van der Waals surface area contributed by atoms with E-state index in [4.69, 9.17) is 9.47 Å². The Balaban J connectivity index is 1.65. The topological polar surface area (TPSA) is 90.0 Å². The molecule has 0 saturated carbocycles. The van der Waals surface area contributed by atoms with E-state index in [1.807, 2.05) is 0 Å². The van der Waals surface area contributed by atoms with Crippen molar-refractivity contribution in [2.45, 2.75) is 31.1 Å². The maximum absolute atomic E-state index is 13.0. The summed E-state index contributed by atoms with van der Waals surface area (Å²) in [6.07, 6.45) is 2.62. The third-order valence-corrected chi connectivity index (χ3v) is 6.84. The molecule has 160 valence electrons. The first-order valence-electron chi connectivity index (χ1n) is 9.90. The summed E-state index contributed by atoms with van der Waals surface area (Å²) in [6.45, 7) is 2.31. The smallest absolute Gasteiger partial charge is 0.339 e. The number of hydrogen-bond donors (Lipinski definition) is 0. The van der Waals surface area contributed by atoms with Gasteiger partial charge < -0.3 is 9.47 Å². The molecule has 8 heteroatoms. The molecule has 0 N–H and O–H groups in total. The van der Waals surface area contributed by atoms with Gasteiger partial charge in [0.2, 0.25) is 10.0 Å². The second-order valence-corrected chi connectivity index (χ2v) is 8.90. The van der Waals surface area contributed by atoms with Crippen LogP contribution in [0.2, 0.25) is 0 Å². The molecule has 1 fully saturated rings. The van der Waals surface area contributed by atoms with Gasteiger partial charge in [0.05, 0.1) is 16.0 Å². The number of benzene rings is 2. The van der Waals surface area contributed by atoms with Gasteiger partial charge in [0.15, 0.2) is 5.78 Å². The van der Waals surface area contributed by atoms with Crippen LogP contribution in [0.15, 0.2) is 53.4 Å². The van der Waals surface area contributed by atoms with E-state index in [9.17, 15) is 18.0 Å². The van der Waals surface area contributed by atoms with Gasteiger partial charge in [-0.3, -0.25) is 4.79 Å². The average Bonchev–Trinajstić information content (AvgIpc) is 2.77. The zero-order valence-corrected chi connectivity index (χ0v) is 17.7. The highest BCUT2D eigenvalue weighted by Crippen LogP contribution is 2.24. The average molecular weight is 432 g/mol. The number of rotatable bonds is 8. The van der Waals surface area contributed by atoms with Crippen LogP contribution in [0.25, 0.3) is 0 Å². The third-order valence-electron chi connectivity index (χ3n) is 4.88. The molecule has 3 rings (SSSR count). The van der Waals surface area contributed by atoms with Crippen LogP contribution in [0.3, 0.4) is 0 Å². The lowest BCUT2D eigenvalue weighted by Crippen LogP contribution is -2.36. The van der Waals surface area contributed by atoms with Crippen molar-refractivity contribution >= 4 is 21.8 Å². The second-order valence-electron chi connectivity index (χ2n) is 7.00. The lowest BCUT2D eigenvalue weighted by Gasteiger charge is -2.26. The zero-order valence-electron chi connectivity index (χ0n) is 16.9. The third kappa shape index (κ3) is 5.06. The quantitative estimate of drug-likeness (QED) is 0.362. The summed E-state index contributed by atoms with van der Waals surface area (Å²) >= 11 is 0. The first-order chi connectivity index (χ1) is 14.4. The number of carbonyl (C=O) groups is 2. The highest BCUT2D eigenvalue weighted by Gasteiger charge is 2.30. The Morgan fingerprint density at radius 3 is 2.23 bits per heavy atom.